The van der Waals surface area contributed by atoms with Crippen molar-refractivity contribution in [2.24, 2.45) is 0 Å². The van der Waals surface area contributed by atoms with Crippen LogP contribution in [0, 0.1) is 0 Å². The number of aryl methyl sites for hydroxylation is 1. The van der Waals surface area contributed by atoms with E-state index in [4.69, 9.17) is 4.74 Å². The van der Waals surface area contributed by atoms with Crippen LogP contribution in [0.15, 0.2) is 12.7 Å². The third-order valence-corrected chi connectivity index (χ3v) is 2.49. The molecule has 0 unspecified atom stereocenters. The quantitative estimate of drug-likeness (QED) is 0.640. The number of amides is 1. The van der Waals surface area contributed by atoms with Crippen molar-refractivity contribution in [3.63, 3.8) is 0 Å². The van der Waals surface area contributed by atoms with Gasteiger partial charge >= 0.3 is 5.97 Å². The number of esters is 1. The van der Waals surface area contributed by atoms with Crippen molar-refractivity contribution >= 4 is 11.9 Å². The number of hydrogen-bond acceptors (Lipinski definition) is 5. The van der Waals surface area contributed by atoms with Crippen LogP contribution in [0.3, 0.4) is 0 Å². The van der Waals surface area contributed by atoms with Gasteiger partial charge in [-0.3, -0.25) is 14.3 Å². The second kappa shape index (κ2) is 8.23. The van der Waals surface area contributed by atoms with Gasteiger partial charge in [-0.25, -0.2) is 4.98 Å². The maximum atomic E-state index is 12.0. The average Bonchev–Trinajstić information content (AvgIpc) is 2.89. The highest BCUT2D eigenvalue weighted by molar-refractivity contribution is 5.82. The van der Waals surface area contributed by atoms with Crippen LogP contribution in [-0.4, -0.2) is 51.2 Å². The lowest BCUT2D eigenvalue weighted by Crippen LogP contribution is -2.37. The van der Waals surface area contributed by atoms with E-state index in [2.05, 4.69) is 10.1 Å². The zero-order chi connectivity index (χ0) is 14.1. The fraction of sp³-hybridized carbons (Fsp3) is 0.667. The van der Waals surface area contributed by atoms with E-state index in [1.807, 2.05) is 6.92 Å². The molecule has 1 amide bonds. The van der Waals surface area contributed by atoms with Crippen molar-refractivity contribution < 1.29 is 14.3 Å². The summed E-state index contributed by atoms with van der Waals surface area (Å²) in [5, 5.41) is 3.93. The molecule has 0 atom stereocenters. The Morgan fingerprint density at radius 2 is 2.16 bits per heavy atom. The molecule has 7 nitrogen and oxygen atoms in total. The van der Waals surface area contributed by atoms with Gasteiger partial charge in [0.25, 0.3) is 0 Å². The van der Waals surface area contributed by atoms with E-state index in [0.29, 0.717) is 26.1 Å². The van der Waals surface area contributed by atoms with Crippen molar-refractivity contribution in [2.75, 3.05) is 19.7 Å². The molecule has 0 radical (unpaired) electrons. The van der Waals surface area contributed by atoms with Gasteiger partial charge in [-0.1, -0.05) is 6.92 Å². The molecule has 0 aliphatic carbocycles. The van der Waals surface area contributed by atoms with Gasteiger partial charge in [-0.15, -0.1) is 0 Å². The Kier molecular flexibility index (Phi) is 6.56. The molecule has 0 aliphatic rings. The summed E-state index contributed by atoms with van der Waals surface area (Å²) in [6.45, 7) is 5.05. The van der Waals surface area contributed by atoms with Crippen LogP contribution in [0.4, 0.5) is 0 Å². The van der Waals surface area contributed by atoms with Gasteiger partial charge in [-0.05, 0) is 13.3 Å². The third kappa shape index (κ3) is 5.50. The van der Waals surface area contributed by atoms with Crippen LogP contribution >= 0.6 is 0 Å². The number of hydrogen-bond donors (Lipinski definition) is 0. The predicted octanol–water partition coefficient (Wildman–Crippen LogP) is 0.470. The minimum Gasteiger partial charge on any atom is -0.465 e. The average molecular weight is 268 g/mol. The number of ether oxygens (including phenoxy) is 1. The smallest absolute Gasteiger partial charge is 0.325 e. The highest BCUT2D eigenvalue weighted by atomic mass is 16.5. The summed E-state index contributed by atoms with van der Waals surface area (Å²) in [6, 6.07) is 0. The van der Waals surface area contributed by atoms with Crippen LogP contribution in [0.2, 0.25) is 0 Å². The Balaban J connectivity index is 2.45. The standard InChI is InChI=1S/C12H20N4O3/c1-3-6-15(8-12(18)19-4-2)11(17)5-7-16-10-13-9-14-16/h9-10H,3-8H2,1-2H3. The molecular formula is C12H20N4O3. The van der Waals surface area contributed by atoms with Gasteiger partial charge in [0.05, 0.1) is 13.2 Å². The Hall–Kier alpha value is -1.92. The Morgan fingerprint density at radius 1 is 1.37 bits per heavy atom. The van der Waals surface area contributed by atoms with Crippen LogP contribution in [-0.2, 0) is 20.9 Å². The summed E-state index contributed by atoms with van der Waals surface area (Å²) in [5.41, 5.74) is 0. The predicted molar refractivity (Wildman–Crippen MR) is 68.1 cm³/mol. The van der Waals surface area contributed by atoms with E-state index in [0.717, 1.165) is 6.42 Å². The second-order valence-corrected chi connectivity index (χ2v) is 4.03. The number of carbonyl (C=O) groups is 2. The number of carbonyl (C=O) groups excluding carboxylic acids is 2. The SMILES string of the molecule is CCCN(CC(=O)OCC)C(=O)CCn1cncn1. The number of aromatic nitrogens is 3. The molecule has 1 heterocycles. The molecular weight excluding hydrogens is 248 g/mol. The molecule has 106 valence electrons. The first-order valence-corrected chi connectivity index (χ1v) is 6.43. The maximum absolute atomic E-state index is 12.0. The monoisotopic (exact) mass is 268 g/mol. The zero-order valence-electron chi connectivity index (χ0n) is 11.4. The van der Waals surface area contributed by atoms with Gasteiger partial charge < -0.3 is 9.64 Å². The van der Waals surface area contributed by atoms with Crippen molar-refractivity contribution in [1.82, 2.24) is 19.7 Å². The largest absolute Gasteiger partial charge is 0.465 e. The molecule has 0 aliphatic heterocycles. The first-order chi connectivity index (χ1) is 9.17. The van der Waals surface area contributed by atoms with E-state index in [-0.39, 0.29) is 18.4 Å². The summed E-state index contributed by atoms with van der Waals surface area (Å²) in [7, 11) is 0. The van der Waals surface area contributed by atoms with Crippen molar-refractivity contribution in [3.05, 3.63) is 12.7 Å². The molecule has 1 aromatic rings. The van der Waals surface area contributed by atoms with E-state index >= 15 is 0 Å². The molecule has 7 heteroatoms. The molecule has 1 aromatic heterocycles. The summed E-state index contributed by atoms with van der Waals surface area (Å²) < 4.78 is 6.45. The summed E-state index contributed by atoms with van der Waals surface area (Å²) in [5.74, 6) is -0.449. The Bertz CT molecular complexity index is 392. The topological polar surface area (TPSA) is 77.3 Å². The fourth-order valence-corrected chi connectivity index (χ4v) is 1.64. The lowest BCUT2D eigenvalue weighted by molar-refractivity contribution is -0.149. The molecule has 0 bridgehead atoms. The van der Waals surface area contributed by atoms with Crippen molar-refractivity contribution in [3.8, 4) is 0 Å². The minimum absolute atomic E-state index is 0.0118. The Morgan fingerprint density at radius 3 is 2.74 bits per heavy atom. The van der Waals surface area contributed by atoms with Crippen molar-refractivity contribution in [2.45, 2.75) is 33.2 Å². The number of rotatable bonds is 8. The molecule has 0 saturated carbocycles. The maximum Gasteiger partial charge on any atom is 0.325 e. The first-order valence-electron chi connectivity index (χ1n) is 6.43. The number of nitrogens with zero attached hydrogens (tertiary/aromatic N) is 4. The lowest BCUT2D eigenvalue weighted by atomic mass is 10.3. The summed E-state index contributed by atoms with van der Waals surface area (Å²) >= 11 is 0. The van der Waals surface area contributed by atoms with Gasteiger partial charge in [-0.2, -0.15) is 5.10 Å². The molecule has 0 saturated heterocycles. The summed E-state index contributed by atoms with van der Waals surface area (Å²) in [4.78, 5) is 28.8. The van der Waals surface area contributed by atoms with E-state index in [9.17, 15) is 9.59 Å². The third-order valence-electron chi connectivity index (χ3n) is 2.49. The second-order valence-electron chi connectivity index (χ2n) is 4.03. The van der Waals surface area contributed by atoms with Gasteiger partial charge in [0.2, 0.25) is 5.91 Å². The van der Waals surface area contributed by atoms with Crippen LogP contribution < -0.4 is 0 Å². The van der Waals surface area contributed by atoms with E-state index < -0.39 is 0 Å². The lowest BCUT2D eigenvalue weighted by Gasteiger charge is -2.20. The zero-order valence-corrected chi connectivity index (χ0v) is 11.4. The Labute approximate surface area is 112 Å². The van der Waals surface area contributed by atoms with E-state index in [1.54, 1.807) is 17.9 Å². The molecule has 0 fully saturated rings. The molecule has 0 aromatic carbocycles. The van der Waals surface area contributed by atoms with Crippen LogP contribution in [0.5, 0.6) is 0 Å². The van der Waals surface area contributed by atoms with Crippen LogP contribution in [0.1, 0.15) is 26.7 Å². The van der Waals surface area contributed by atoms with Gasteiger partial charge in [0.15, 0.2) is 0 Å². The fourth-order valence-electron chi connectivity index (χ4n) is 1.64. The molecule has 19 heavy (non-hydrogen) atoms. The summed E-state index contributed by atoms with van der Waals surface area (Å²) in [6.07, 6.45) is 4.08. The first kappa shape index (κ1) is 15.1. The van der Waals surface area contributed by atoms with Crippen LogP contribution in [0.25, 0.3) is 0 Å². The normalized spacial score (nSPS) is 10.2. The van der Waals surface area contributed by atoms with Gasteiger partial charge in [0.1, 0.15) is 19.2 Å². The highest BCUT2D eigenvalue weighted by Crippen LogP contribution is 1.99. The molecule has 1 rings (SSSR count). The van der Waals surface area contributed by atoms with Gasteiger partial charge in [0, 0.05) is 13.0 Å². The highest BCUT2D eigenvalue weighted by Gasteiger charge is 2.16. The molecule has 0 N–H and O–H groups in total. The minimum atomic E-state index is -0.370. The molecule has 0 spiro atoms. The van der Waals surface area contributed by atoms with E-state index in [1.165, 1.54) is 11.2 Å². The van der Waals surface area contributed by atoms with Crippen molar-refractivity contribution in [1.29, 1.82) is 0 Å².